The third kappa shape index (κ3) is 36.7. The van der Waals surface area contributed by atoms with E-state index in [0.717, 1.165) is 0 Å². The van der Waals surface area contributed by atoms with Crippen LogP contribution in [0.3, 0.4) is 0 Å². The smallest absolute Gasteiger partial charge is 0.333 e. The third-order valence-corrected chi connectivity index (χ3v) is 23.6. The number of hydroxylamine groups is 2. The molecular weight excluding hydrogens is 1860 g/mol. The van der Waals surface area contributed by atoms with Crippen LogP contribution in [0.15, 0.2) is 0 Å². The van der Waals surface area contributed by atoms with Crippen molar-refractivity contribution in [3.8, 4) is 0 Å². The van der Waals surface area contributed by atoms with Gasteiger partial charge in [-0.2, -0.15) is 0 Å². The monoisotopic (exact) mass is 2000 g/mol. The second-order valence-corrected chi connectivity index (χ2v) is 34.1. The zero-order chi connectivity index (χ0) is 101. The lowest BCUT2D eigenvalue weighted by molar-refractivity contribution is -0.366. The summed E-state index contributed by atoms with van der Waals surface area (Å²) in [6, 6.07) is -2.44. The Hall–Kier alpha value is -7.03. The van der Waals surface area contributed by atoms with Gasteiger partial charge in [0.1, 0.15) is 153 Å². The number of carbonyl (C=O) groups excluding carboxylic acids is 11. The van der Waals surface area contributed by atoms with Crippen LogP contribution in [0.25, 0.3) is 0 Å². The van der Waals surface area contributed by atoms with Crippen molar-refractivity contribution >= 4 is 65.0 Å². The molecule has 56 nitrogen and oxygen atoms in total. The van der Waals surface area contributed by atoms with Crippen LogP contribution >= 0.6 is 0 Å². The molecule has 0 spiro atoms. The van der Waals surface area contributed by atoms with Crippen LogP contribution in [0.4, 0.5) is 0 Å². The van der Waals surface area contributed by atoms with Crippen molar-refractivity contribution in [1.82, 2.24) is 52.5 Å². The first-order valence-corrected chi connectivity index (χ1v) is 46.2. The Morgan fingerprint density at radius 3 is 1.06 bits per heavy atom. The number of rotatable bonds is 61. The average molecular weight is 2000 g/mol. The maximum absolute atomic E-state index is 14.4. The van der Waals surface area contributed by atoms with Gasteiger partial charge in [0.15, 0.2) is 37.7 Å². The van der Waals surface area contributed by atoms with Gasteiger partial charge in [-0.1, -0.05) is 6.42 Å². The topological polar surface area (TPSA) is 856 Å². The average Bonchev–Trinajstić information content (AvgIpc) is 0.867. The number of nitrogens with one attached hydrogen (secondary N) is 8. The van der Waals surface area contributed by atoms with Crippen molar-refractivity contribution in [3.05, 3.63) is 0 Å². The summed E-state index contributed by atoms with van der Waals surface area (Å²) in [5, 5.41) is 248. The van der Waals surface area contributed by atoms with Gasteiger partial charge in [-0.3, -0.25) is 52.8 Å². The fraction of sp³-hybridized carbons (Fsp3) is 0.866. The molecule has 0 unspecified atom stereocenters. The minimum absolute atomic E-state index is 0.00747. The minimum atomic E-state index is -1.99. The van der Waals surface area contributed by atoms with E-state index in [1.54, 1.807) is 0 Å². The van der Waals surface area contributed by atoms with E-state index in [1.807, 2.05) is 0 Å². The van der Waals surface area contributed by atoms with Gasteiger partial charge >= 0.3 is 5.97 Å². The molecule has 0 saturated carbocycles. The van der Waals surface area contributed by atoms with E-state index in [4.69, 9.17) is 61.7 Å². The number of carbonyl (C=O) groups is 11. The van der Waals surface area contributed by atoms with E-state index in [-0.39, 0.29) is 161 Å². The van der Waals surface area contributed by atoms with Crippen LogP contribution in [0, 0.1) is 0 Å². The van der Waals surface area contributed by atoms with Crippen LogP contribution in [-0.2, 0) is 114 Å². The quantitative estimate of drug-likeness (QED) is 0.0199. The first kappa shape index (κ1) is 118. The summed E-state index contributed by atoms with van der Waals surface area (Å²) in [6.45, 7) is -8.43. The number of imide groups is 1. The maximum atomic E-state index is 14.4. The van der Waals surface area contributed by atoms with Gasteiger partial charge in [-0.15, -0.1) is 5.06 Å². The van der Waals surface area contributed by atoms with Crippen molar-refractivity contribution in [2.75, 3.05) is 125 Å². The molecular formula is C82H140N10O46. The molecule has 7 heterocycles. The van der Waals surface area contributed by atoms with Crippen molar-refractivity contribution in [3.63, 3.8) is 0 Å². The summed E-state index contributed by atoms with van der Waals surface area (Å²) < 4.78 is 66.1. The first-order valence-electron chi connectivity index (χ1n) is 46.2. The summed E-state index contributed by atoms with van der Waals surface area (Å²) in [4.78, 5) is 150. The lowest BCUT2D eigenvalue weighted by Crippen LogP contribution is -2.65. The predicted octanol–water partition coefficient (Wildman–Crippen LogP) is -16.5. The molecule has 0 aliphatic carbocycles. The van der Waals surface area contributed by atoms with E-state index < -0.39 is 322 Å². The fourth-order valence-electron chi connectivity index (χ4n) is 15.5. The number of aliphatic hydroxyl groups excluding tert-OH is 22. The van der Waals surface area contributed by atoms with Crippen LogP contribution < -0.4 is 42.5 Å². The summed E-state index contributed by atoms with van der Waals surface area (Å²) in [6.07, 6.45) is -48.8. The Labute approximate surface area is 791 Å². The van der Waals surface area contributed by atoms with Crippen molar-refractivity contribution in [2.24, 2.45) is 0 Å². The van der Waals surface area contributed by atoms with Crippen molar-refractivity contribution in [2.45, 2.75) is 325 Å². The number of unbranched alkanes of at least 4 members (excludes halogenated alkanes) is 6. The Balaban J connectivity index is 0.864. The van der Waals surface area contributed by atoms with E-state index in [2.05, 4.69) is 42.5 Å². The van der Waals surface area contributed by atoms with Gasteiger partial charge in [0, 0.05) is 90.8 Å². The molecule has 56 heteroatoms. The molecule has 138 heavy (non-hydrogen) atoms. The molecule has 0 aromatic heterocycles. The summed E-state index contributed by atoms with van der Waals surface area (Å²) in [5.74, 6) is -6.93. The van der Waals surface area contributed by atoms with E-state index in [9.17, 15) is 165 Å². The van der Waals surface area contributed by atoms with E-state index in [0.29, 0.717) is 37.2 Å². The highest BCUT2D eigenvalue weighted by atomic mass is 16.8. The molecule has 0 aromatic carbocycles. The number of aliphatic hydroxyl groups is 22. The maximum Gasteiger partial charge on any atom is 0.333 e. The van der Waals surface area contributed by atoms with Crippen LogP contribution in [0.5, 0.6) is 0 Å². The van der Waals surface area contributed by atoms with E-state index in [1.165, 1.54) is 4.90 Å². The fourth-order valence-corrected chi connectivity index (χ4v) is 15.5. The minimum Gasteiger partial charge on any atom is -0.394 e. The summed E-state index contributed by atoms with van der Waals surface area (Å²) in [7, 11) is 0. The zero-order valence-corrected chi connectivity index (χ0v) is 76.1. The molecule has 7 saturated heterocycles. The number of hydrogen-bond donors (Lipinski definition) is 30. The van der Waals surface area contributed by atoms with Gasteiger partial charge in [0.05, 0.1) is 85.2 Å². The van der Waals surface area contributed by atoms with Gasteiger partial charge in [-0.05, 0) is 77.0 Å². The van der Waals surface area contributed by atoms with Gasteiger partial charge in [0.25, 0.3) is 11.8 Å². The van der Waals surface area contributed by atoms with Crippen LogP contribution in [-0.4, -0.2) is 509 Å². The SMILES string of the molecule is O=C(CCCCCNC(=O)[C@H](CCCCNC(=O)CCCCC(=O)NCCO[C@H]1O[C@H](CO[C@H]2O[C@H](CO)[C@@H](O)[C@H](O)[C@@H]2O)[C@@H](O)[C@H](O[C@H]2O[C@H](CO)[C@@H](O)[C@H](O)[C@@H]2O)[C@@H]1O)NC(=O)CCCCC(=O)ON1C(=O)CCC1=O)NCCCC[C@@H](C(=O)NCCO[C@H]1O[C@H](CO)[C@@H](O)[C@H](O)[C@@H]1O)N(CC(=O)NCCO[C@H]1O[C@H](CO)[C@@H](O)[C@H](O)[C@@H]1O)CC(=O)NCCO[C@H]1O[C@H](CO)[C@@H](O)[C@H](O)[C@@H]1O. The third-order valence-electron chi connectivity index (χ3n) is 23.6. The predicted molar refractivity (Wildman–Crippen MR) is 453 cm³/mol. The molecule has 0 aromatic rings. The van der Waals surface area contributed by atoms with Crippen molar-refractivity contribution in [1.29, 1.82) is 0 Å². The highest BCUT2D eigenvalue weighted by Crippen LogP contribution is 2.33. The molecule has 7 fully saturated rings. The van der Waals surface area contributed by atoms with Gasteiger partial charge in [0.2, 0.25) is 47.3 Å². The molecule has 0 bridgehead atoms. The molecule has 7 aliphatic heterocycles. The molecule has 794 valence electrons. The summed E-state index contributed by atoms with van der Waals surface area (Å²) >= 11 is 0. The number of nitrogens with zero attached hydrogens (tertiary/aromatic N) is 2. The highest BCUT2D eigenvalue weighted by molar-refractivity contribution is 6.01. The van der Waals surface area contributed by atoms with Gasteiger partial charge in [-0.25, -0.2) is 4.79 Å². The number of amides is 10. The molecule has 7 rings (SSSR count). The lowest BCUT2D eigenvalue weighted by Gasteiger charge is -2.46. The van der Waals surface area contributed by atoms with E-state index >= 15 is 0 Å². The highest BCUT2D eigenvalue weighted by Gasteiger charge is 2.54. The van der Waals surface area contributed by atoms with Crippen LogP contribution in [0.2, 0.25) is 0 Å². The van der Waals surface area contributed by atoms with Crippen molar-refractivity contribution < 1.29 is 227 Å². The molecule has 0 radical (unpaired) electrons. The largest absolute Gasteiger partial charge is 0.394 e. The molecule has 10 amide bonds. The Bertz CT molecular complexity index is 3620. The first-order chi connectivity index (χ1) is 65.9. The lowest BCUT2D eigenvalue weighted by atomic mass is 9.96. The standard InChI is InChI=1S/C82H140N10O46/c93-34-42-57(107)63(113)68(118)77(131-42)126-29-25-86-52(102)32-91(33-53(103)87-26-30-127-78-69(119)64(114)58(108)43(35-94)132-78)41(76(125)89-27-31-128-79-70(120)65(115)59(109)44(36-95)133-79)13-8-11-22-84-48(98)14-2-1-9-23-88-75(124)40(90-51(101)17-5-6-18-56(106)138-92-54(104)19-20-55(92)105)12-7-10-21-83-49(99)15-3-4-16-50(100)85-24-28-129-81-73(123)74(137-82-72(122)67(117)61(111)46(38-97)135-82)62(112)47(136-81)39-130-80-71(121)66(116)60(110)45(37-96)134-80/h40-47,57-74,77-82,93-97,107-123H,1-39H2,(H,83,99)(H,84,98)(H,85,100)(H,86,102)(H,87,103)(H,88,124)(H,89,125)(H,90,101)/t40-,41-,42+,43+,44+,45+,46+,47+,57+,58+,59+,60+,61+,62+,63-,64-,65-,66-,67-,68-,69-,70-,71-,72-,73-,74-,77-,78-,79-,80-,81-,82+/m0/s1. The molecule has 32 atom stereocenters. The second kappa shape index (κ2) is 61.2. The number of hydrogen-bond acceptors (Lipinski definition) is 47. The molecule has 7 aliphatic rings. The second-order valence-electron chi connectivity index (χ2n) is 34.1. The Kier molecular flexibility index (Phi) is 52.3. The summed E-state index contributed by atoms with van der Waals surface area (Å²) in [5.41, 5.74) is 0. The Morgan fingerprint density at radius 2 is 0.638 bits per heavy atom. The normalized spacial score (nSPS) is 32.7. The number of ether oxygens (including phenoxy) is 12. The van der Waals surface area contributed by atoms with Crippen LogP contribution in [0.1, 0.15) is 128 Å². The van der Waals surface area contributed by atoms with Gasteiger partial charge < -0.3 is 217 Å². The molecule has 30 N–H and O–H groups in total. The zero-order valence-electron chi connectivity index (χ0n) is 76.1. The Morgan fingerprint density at radius 1 is 0.319 bits per heavy atom.